The Morgan fingerprint density at radius 1 is 1.24 bits per heavy atom. The van der Waals surface area contributed by atoms with E-state index < -0.39 is 0 Å². The molecule has 1 aliphatic heterocycles. The molecule has 0 aliphatic carbocycles. The molecule has 0 spiro atoms. The third-order valence-electron chi connectivity index (χ3n) is 3.38. The molecule has 1 atom stereocenters. The normalized spacial score (nSPS) is 18.8. The summed E-state index contributed by atoms with van der Waals surface area (Å²) in [6.45, 7) is 3.25. The maximum absolute atomic E-state index is 4.10. The molecule has 17 heavy (non-hydrogen) atoms. The molecule has 2 aromatic rings. The number of fused-ring (bicyclic) bond motifs is 1. The number of benzene rings is 1. The lowest BCUT2D eigenvalue weighted by molar-refractivity contribution is 0.541. The molecule has 1 aromatic carbocycles. The first-order valence-corrected chi connectivity index (χ1v) is 5.97. The van der Waals surface area contributed by atoms with Gasteiger partial charge in [0.1, 0.15) is 6.33 Å². The van der Waals surface area contributed by atoms with Crippen LogP contribution >= 0.6 is 0 Å². The van der Waals surface area contributed by atoms with Gasteiger partial charge in [-0.15, -0.1) is 0 Å². The van der Waals surface area contributed by atoms with Crippen molar-refractivity contribution in [2.24, 2.45) is 0 Å². The molecule has 3 rings (SSSR count). The van der Waals surface area contributed by atoms with E-state index in [4.69, 9.17) is 0 Å². The lowest BCUT2D eigenvalue weighted by atomic mass is 9.89. The third kappa shape index (κ3) is 1.83. The first-order chi connectivity index (χ1) is 8.36. The highest BCUT2D eigenvalue weighted by molar-refractivity contribution is 5.68. The van der Waals surface area contributed by atoms with Crippen molar-refractivity contribution in [2.75, 3.05) is 6.54 Å². The second-order valence-electron chi connectivity index (χ2n) is 4.43. The molecule has 1 aliphatic rings. The van der Waals surface area contributed by atoms with Crippen LogP contribution in [-0.2, 0) is 6.42 Å². The molecule has 86 valence electrons. The summed E-state index contributed by atoms with van der Waals surface area (Å²) in [7, 11) is 0. The van der Waals surface area contributed by atoms with Gasteiger partial charge in [0.2, 0.25) is 0 Å². The average molecular weight is 225 g/mol. The van der Waals surface area contributed by atoms with E-state index in [9.17, 15) is 0 Å². The second kappa shape index (κ2) is 4.26. The minimum atomic E-state index is 0.434. The summed E-state index contributed by atoms with van der Waals surface area (Å²) in [6, 6.07) is 6.92. The fourth-order valence-electron chi connectivity index (χ4n) is 2.52. The van der Waals surface area contributed by atoms with Crippen LogP contribution in [0.15, 0.2) is 36.9 Å². The minimum absolute atomic E-state index is 0.434. The summed E-state index contributed by atoms with van der Waals surface area (Å²) >= 11 is 0. The van der Waals surface area contributed by atoms with Crippen LogP contribution in [0.25, 0.3) is 11.1 Å². The van der Waals surface area contributed by atoms with E-state index in [2.05, 4.69) is 40.4 Å². The Bertz CT molecular complexity index is 522. The monoisotopic (exact) mass is 225 g/mol. The molecule has 0 amide bonds. The standard InChI is InChI=1S/C14H15N3/c1-10-12-3-2-4-13(14(12)5-6-17-10)11-7-15-9-16-8-11/h2-4,7-10,17H,5-6H2,1H3. The average Bonchev–Trinajstić information content (AvgIpc) is 2.40. The van der Waals surface area contributed by atoms with Crippen molar-refractivity contribution >= 4 is 0 Å². The van der Waals surface area contributed by atoms with E-state index in [1.165, 1.54) is 16.7 Å². The summed E-state index contributed by atoms with van der Waals surface area (Å²) in [5.41, 5.74) is 5.22. The van der Waals surface area contributed by atoms with Gasteiger partial charge < -0.3 is 5.32 Å². The number of hydrogen-bond donors (Lipinski definition) is 1. The van der Waals surface area contributed by atoms with Crippen LogP contribution in [0.1, 0.15) is 24.1 Å². The smallest absolute Gasteiger partial charge is 0.115 e. The number of rotatable bonds is 1. The Labute approximate surface area is 101 Å². The van der Waals surface area contributed by atoms with Crippen molar-refractivity contribution in [3.8, 4) is 11.1 Å². The van der Waals surface area contributed by atoms with Gasteiger partial charge in [-0.25, -0.2) is 9.97 Å². The van der Waals surface area contributed by atoms with Crippen LogP contribution in [0.3, 0.4) is 0 Å². The van der Waals surface area contributed by atoms with Crippen molar-refractivity contribution < 1.29 is 0 Å². The molecule has 0 radical (unpaired) electrons. The molecule has 1 unspecified atom stereocenters. The predicted octanol–water partition coefficient (Wildman–Crippen LogP) is 2.35. The number of nitrogens with one attached hydrogen (secondary N) is 1. The predicted molar refractivity (Wildman–Crippen MR) is 67.6 cm³/mol. The molecule has 3 heteroatoms. The van der Waals surface area contributed by atoms with Gasteiger partial charge in [-0.3, -0.25) is 0 Å². The van der Waals surface area contributed by atoms with Crippen molar-refractivity contribution in [2.45, 2.75) is 19.4 Å². The van der Waals surface area contributed by atoms with Crippen LogP contribution in [0.4, 0.5) is 0 Å². The fraction of sp³-hybridized carbons (Fsp3) is 0.286. The van der Waals surface area contributed by atoms with E-state index in [0.29, 0.717) is 6.04 Å². The Kier molecular flexibility index (Phi) is 2.61. The molecule has 2 heterocycles. The molecule has 1 N–H and O–H groups in total. The van der Waals surface area contributed by atoms with Gasteiger partial charge in [0.15, 0.2) is 0 Å². The minimum Gasteiger partial charge on any atom is -0.310 e. The lowest BCUT2D eigenvalue weighted by Crippen LogP contribution is -2.28. The van der Waals surface area contributed by atoms with Gasteiger partial charge in [0.25, 0.3) is 0 Å². The highest BCUT2D eigenvalue weighted by atomic mass is 14.9. The Morgan fingerprint density at radius 2 is 2.06 bits per heavy atom. The zero-order chi connectivity index (χ0) is 11.7. The number of hydrogen-bond acceptors (Lipinski definition) is 3. The summed E-state index contributed by atoms with van der Waals surface area (Å²) in [4.78, 5) is 8.20. The Balaban J connectivity index is 2.16. The van der Waals surface area contributed by atoms with Gasteiger partial charge in [-0.1, -0.05) is 18.2 Å². The Hall–Kier alpha value is -1.74. The lowest BCUT2D eigenvalue weighted by Gasteiger charge is -2.26. The first kappa shape index (κ1) is 10.4. The van der Waals surface area contributed by atoms with E-state index in [-0.39, 0.29) is 0 Å². The van der Waals surface area contributed by atoms with Crippen molar-refractivity contribution in [1.29, 1.82) is 0 Å². The third-order valence-corrected chi connectivity index (χ3v) is 3.38. The van der Waals surface area contributed by atoms with Gasteiger partial charge in [-0.2, -0.15) is 0 Å². The molecule has 0 saturated heterocycles. The summed E-state index contributed by atoms with van der Waals surface area (Å²) in [5, 5.41) is 3.49. The van der Waals surface area contributed by atoms with E-state index in [1.807, 2.05) is 12.4 Å². The molecule has 0 saturated carbocycles. The van der Waals surface area contributed by atoms with Crippen LogP contribution in [0.2, 0.25) is 0 Å². The van der Waals surface area contributed by atoms with Gasteiger partial charge in [-0.05, 0) is 36.6 Å². The van der Waals surface area contributed by atoms with Crippen LogP contribution < -0.4 is 5.32 Å². The van der Waals surface area contributed by atoms with E-state index in [1.54, 1.807) is 6.33 Å². The maximum Gasteiger partial charge on any atom is 0.115 e. The SMILES string of the molecule is CC1NCCc2c(-c3cncnc3)cccc21. The topological polar surface area (TPSA) is 37.8 Å². The molecule has 0 fully saturated rings. The molecular weight excluding hydrogens is 210 g/mol. The van der Waals surface area contributed by atoms with Gasteiger partial charge in [0, 0.05) is 24.0 Å². The van der Waals surface area contributed by atoms with Crippen LogP contribution in [-0.4, -0.2) is 16.5 Å². The molecule has 1 aromatic heterocycles. The molecule has 0 bridgehead atoms. The van der Waals surface area contributed by atoms with Crippen LogP contribution in [0, 0.1) is 0 Å². The second-order valence-corrected chi connectivity index (χ2v) is 4.43. The number of aromatic nitrogens is 2. The van der Waals surface area contributed by atoms with Crippen LogP contribution in [0.5, 0.6) is 0 Å². The molecule has 3 nitrogen and oxygen atoms in total. The van der Waals surface area contributed by atoms with Gasteiger partial charge >= 0.3 is 0 Å². The van der Waals surface area contributed by atoms with Gasteiger partial charge in [0.05, 0.1) is 0 Å². The van der Waals surface area contributed by atoms with Crippen molar-refractivity contribution in [3.05, 3.63) is 48.0 Å². The molecular formula is C14H15N3. The van der Waals surface area contributed by atoms with Crippen molar-refractivity contribution in [3.63, 3.8) is 0 Å². The highest BCUT2D eigenvalue weighted by Crippen LogP contribution is 2.31. The zero-order valence-electron chi connectivity index (χ0n) is 9.85. The summed E-state index contributed by atoms with van der Waals surface area (Å²) in [5.74, 6) is 0. The number of nitrogens with zero attached hydrogens (tertiary/aromatic N) is 2. The maximum atomic E-state index is 4.10. The Morgan fingerprint density at radius 3 is 2.88 bits per heavy atom. The van der Waals surface area contributed by atoms with Crippen molar-refractivity contribution in [1.82, 2.24) is 15.3 Å². The summed E-state index contributed by atoms with van der Waals surface area (Å²) in [6.07, 6.45) is 6.42. The zero-order valence-corrected chi connectivity index (χ0v) is 9.85. The first-order valence-electron chi connectivity index (χ1n) is 5.97. The fourth-order valence-corrected chi connectivity index (χ4v) is 2.52. The highest BCUT2D eigenvalue weighted by Gasteiger charge is 2.18. The van der Waals surface area contributed by atoms with E-state index >= 15 is 0 Å². The van der Waals surface area contributed by atoms with E-state index in [0.717, 1.165) is 18.5 Å². The quantitative estimate of drug-likeness (QED) is 0.809. The summed E-state index contributed by atoms with van der Waals surface area (Å²) < 4.78 is 0. The largest absolute Gasteiger partial charge is 0.310 e.